The second-order valence-electron chi connectivity index (χ2n) is 4.72. The van der Waals surface area contributed by atoms with E-state index in [1.165, 1.54) is 0 Å². The lowest BCUT2D eigenvalue weighted by Gasteiger charge is -2.07. The van der Waals surface area contributed by atoms with E-state index in [0.717, 1.165) is 16.7 Å². The zero-order valence-electron chi connectivity index (χ0n) is 10.9. The van der Waals surface area contributed by atoms with Gasteiger partial charge >= 0.3 is 0 Å². The second kappa shape index (κ2) is 5.12. The Morgan fingerprint density at radius 2 is 2.22 bits per heavy atom. The van der Waals surface area contributed by atoms with Gasteiger partial charge in [-0.15, -0.1) is 0 Å². The number of carbonyl (C=O) groups excluding carboxylic acids is 1. The average Bonchev–Trinajstić information content (AvgIpc) is 2.78. The Labute approximate surface area is 106 Å². The first-order chi connectivity index (χ1) is 8.61. The molecule has 0 fully saturated rings. The molecule has 1 heterocycles. The summed E-state index contributed by atoms with van der Waals surface area (Å²) in [5.41, 5.74) is 1.59. The number of methoxy groups -OCH3 is 1. The number of hydrogen-bond acceptors (Lipinski definition) is 2. The quantitative estimate of drug-likeness (QED) is 0.871. The molecular formula is C14H18N2O2. The molecule has 1 aromatic carbocycles. The van der Waals surface area contributed by atoms with Crippen LogP contribution in [-0.2, 0) is 0 Å². The van der Waals surface area contributed by atoms with Gasteiger partial charge in [-0.3, -0.25) is 4.79 Å². The lowest BCUT2D eigenvalue weighted by Crippen LogP contribution is -2.27. The van der Waals surface area contributed by atoms with Crippen LogP contribution in [0.1, 0.15) is 24.2 Å². The summed E-state index contributed by atoms with van der Waals surface area (Å²) in [5, 5.41) is 3.80. The first-order valence-electron chi connectivity index (χ1n) is 6.05. The minimum Gasteiger partial charge on any atom is -0.497 e. The van der Waals surface area contributed by atoms with Crippen LogP contribution in [0.25, 0.3) is 10.9 Å². The molecule has 1 amide bonds. The molecule has 0 radical (unpaired) electrons. The number of benzene rings is 1. The van der Waals surface area contributed by atoms with Gasteiger partial charge in [0.2, 0.25) is 0 Å². The smallest absolute Gasteiger partial charge is 0.253 e. The molecular weight excluding hydrogens is 228 g/mol. The molecule has 0 bridgehead atoms. The van der Waals surface area contributed by atoms with E-state index in [9.17, 15) is 4.79 Å². The van der Waals surface area contributed by atoms with E-state index in [-0.39, 0.29) is 5.91 Å². The predicted molar refractivity (Wildman–Crippen MR) is 72.0 cm³/mol. The monoisotopic (exact) mass is 246 g/mol. The minimum absolute atomic E-state index is 0.0526. The van der Waals surface area contributed by atoms with Crippen molar-refractivity contribution in [2.75, 3.05) is 13.7 Å². The van der Waals surface area contributed by atoms with Gasteiger partial charge < -0.3 is 15.0 Å². The lowest BCUT2D eigenvalue weighted by molar-refractivity contribution is 0.0950. The molecule has 2 N–H and O–H groups in total. The molecule has 0 atom stereocenters. The molecule has 4 heteroatoms. The Bertz CT molecular complexity index is 558. The Balaban J connectivity index is 2.29. The maximum absolute atomic E-state index is 12.1. The summed E-state index contributed by atoms with van der Waals surface area (Å²) in [6.07, 6.45) is 1.74. The standard InChI is InChI=1S/C14H18N2O2/c1-9(2)7-16-14(17)12-8-15-13-5-4-10(18-3)6-11(12)13/h4-6,8-9,15H,7H2,1-3H3,(H,16,17). The first-order valence-corrected chi connectivity index (χ1v) is 6.05. The lowest BCUT2D eigenvalue weighted by atomic mass is 10.1. The van der Waals surface area contributed by atoms with Crippen LogP contribution in [-0.4, -0.2) is 24.5 Å². The van der Waals surface area contributed by atoms with E-state index in [1.807, 2.05) is 18.2 Å². The number of ether oxygens (including phenoxy) is 1. The SMILES string of the molecule is COc1ccc2[nH]cc(C(=O)NCC(C)C)c2c1. The fourth-order valence-corrected chi connectivity index (χ4v) is 1.81. The van der Waals surface area contributed by atoms with Crippen LogP contribution < -0.4 is 10.1 Å². The van der Waals surface area contributed by atoms with E-state index in [0.29, 0.717) is 18.0 Å². The van der Waals surface area contributed by atoms with Gasteiger partial charge in [0.25, 0.3) is 5.91 Å². The fourth-order valence-electron chi connectivity index (χ4n) is 1.81. The normalized spacial score (nSPS) is 10.9. The summed E-state index contributed by atoms with van der Waals surface area (Å²) in [6.45, 7) is 4.81. The number of aromatic nitrogens is 1. The van der Waals surface area contributed by atoms with Gasteiger partial charge in [-0.25, -0.2) is 0 Å². The molecule has 0 saturated heterocycles. The van der Waals surface area contributed by atoms with Crippen molar-refractivity contribution in [3.8, 4) is 5.75 Å². The molecule has 18 heavy (non-hydrogen) atoms. The van der Waals surface area contributed by atoms with Crippen LogP contribution in [0.4, 0.5) is 0 Å². The molecule has 0 saturated carbocycles. The first kappa shape index (κ1) is 12.5. The van der Waals surface area contributed by atoms with Crippen LogP contribution in [0.5, 0.6) is 5.75 Å². The van der Waals surface area contributed by atoms with Crippen molar-refractivity contribution in [3.05, 3.63) is 30.0 Å². The molecule has 0 aliphatic rings. The van der Waals surface area contributed by atoms with Gasteiger partial charge in [-0.05, 0) is 24.1 Å². The zero-order chi connectivity index (χ0) is 13.1. The number of nitrogens with one attached hydrogen (secondary N) is 2. The third-order valence-electron chi connectivity index (χ3n) is 2.80. The summed E-state index contributed by atoms with van der Waals surface area (Å²) in [6, 6.07) is 5.65. The summed E-state index contributed by atoms with van der Waals surface area (Å²) >= 11 is 0. The van der Waals surface area contributed by atoms with E-state index >= 15 is 0 Å². The highest BCUT2D eigenvalue weighted by Gasteiger charge is 2.12. The molecule has 0 unspecified atom stereocenters. The predicted octanol–water partition coefficient (Wildman–Crippen LogP) is 2.56. The van der Waals surface area contributed by atoms with Gasteiger partial charge in [0.1, 0.15) is 5.75 Å². The van der Waals surface area contributed by atoms with Gasteiger partial charge in [-0.1, -0.05) is 13.8 Å². The van der Waals surface area contributed by atoms with Crippen molar-refractivity contribution in [1.82, 2.24) is 10.3 Å². The topological polar surface area (TPSA) is 54.1 Å². The number of aromatic amines is 1. The van der Waals surface area contributed by atoms with E-state index in [1.54, 1.807) is 13.3 Å². The number of carbonyl (C=O) groups is 1. The van der Waals surface area contributed by atoms with Crippen LogP contribution in [0.15, 0.2) is 24.4 Å². The Morgan fingerprint density at radius 1 is 1.44 bits per heavy atom. The van der Waals surface area contributed by atoms with E-state index < -0.39 is 0 Å². The molecule has 1 aromatic heterocycles. The van der Waals surface area contributed by atoms with Gasteiger partial charge in [0, 0.05) is 23.6 Å². The summed E-state index contributed by atoms with van der Waals surface area (Å²) < 4.78 is 5.18. The molecule has 0 spiro atoms. The second-order valence-corrected chi connectivity index (χ2v) is 4.72. The maximum atomic E-state index is 12.1. The van der Waals surface area contributed by atoms with Crippen LogP contribution in [0, 0.1) is 5.92 Å². The molecule has 0 aliphatic heterocycles. The van der Waals surface area contributed by atoms with Gasteiger partial charge in [0.05, 0.1) is 12.7 Å². The van der Waals surface area contributed by atoms with Crippen LogP contribution in [0.2, 0.25) is 0 Å². The number of fused-ring (bicyclic) bond motifs is 1. The highest BCUT2D eigenvalue weighted by atomic mass is 16.5. The highest BCUT2D eigenvalue weighted by molar-refractivity contribution is 6.07. The molecule has 4 nitrogen and oxygen atoms in total. The third kappa shape index (κ3) is 2.47. The van der Waals surface area contributed by atoms with Crippen molar-refractivity contribution >= 4 is 16.8 Å². The van der Waals surface area contributed by atoms with Gasteiger partial charge in [0.15, 0.2) is 0 Å². The van der Waals surface area contributed by atoms with Crippen LogP contribution in [0.3, 0.4) is 0 Å². The average molecular weight is 246 g/mol. The molecule has 0 aliphatic carbocycles. The number of hydrogen-bond donors (Lipinski definition) is 2. The van der Waals surface area contributed by atoms with E-state index in [4.69, 9.17) is 4.74 Å². The summed E-state index contributed by atoms with van der Waals surface area (Å²) in [7, 11) is 1.62. The minimum atomic E-state index is -0.0526. The third-order valence-corrected chi connectivity index (χ3v) is 2.80. The number of H-pyrrole nitrogens is 1. The summed E-state index contributed by atoms with van der Waals surface area (Å²) in [4.78, 5) is 15.1. The van der Waals surface area contributed by atoms with Crippen molar-refractivity contribution in [2.45, 2.75) is 13.8 Å². The van der Waals surface area contributed by atoms with Crippen molar-refractivity contribution in [3.63, 3.8) is 0 Å². The van der Waals surface area contributed by atoms with Crippen molar-refractivity contribution in [1.29, 1.82) is 0 Å². The molecule has 2 aromatic rings. The number of amides is 1. The Hall–Kier alpha value is -1.97. The number of rotatable bonds is 4. The van der Waals surface area contributed by atoms with E-state index in [2.05, 4.69) is 24.1 Å². The fraction of sp³-hybridized carbons (Fsp3) is 0.357. The Kier molecular flexibility index (Phi) is 3.55. The van der Waals surface area contributed by atoms with Crippen LogP contribution >= 0.6 is 0 Å². The summed E-state index contributed by atoms with van der Waals surface area (Å²) in [5.74, 6) is 1.14. The molecule has 96 valence electrons. The van der Waals surface area contributed by atoms with Gasteiger partial charge in [-0.2, -0.15) is 0 Å². The molecule has 2 rings (SSSR count). The largest absolute Gasteiger partial charge is 0.497 e. The maximum Gasteiger partial charge on any atom is 0.253 e. The van der Waals surface area contributed by atoms with Crippen molar-refractivity contribution < 1.29 is 9.53 Å². The zero-order valence-corrected chi connectivity index (χ0v) is 10.9. The Morgan fingerprint density at radius 3 is 2.89 bits per heavy atom. The van der Waals surface area contributed by atoms with Crippen molar-refractivity contribution in [2.24, 2.45) is 5.92 Å². The highest BCUT2D eigenvalue weighted by Crippen LogP contribution is 2.23.